The van der Waals surface area contributed by atoms with Crippen LogP contribution in [0, 0.1) is 0 Å². The summed E-state index contributed by atoms with van der Waals surface area (Å²) in [5.74, 6) is 0. The highest BCUT2D eigenvalue weighted by molar-refractivity contribution is 6.76. The molecule has 0 saturated carbocycles. The highest BCUT2D eigenvalue weighted by Crippen LogP contribution is 2.30. The van der Waals surface area contributed by atoms with Crippen molar-refractivity contribution in [2.75, 3.05) is 0 Å². The largest absolute Gasteiger partial charge is 0.115 e. The first kappa shape index (κ1) is 29.4. The van der Waals surface area contributed by atoms with Crippen molar-refractivity contribution < 1.29 is 0 Å². The maximum atomic E-state index is 6.79. The molecule has 144 valence electrons. The summed E-state index contributed by atoms with van der Waals surface area (Å²) in [6.45, 7) is 0. The first-order chi connectivity index (χ1) is 18.6. The molecule has 40 heavy (non-hydrogen) atoms. The highest BCUT2D eigenvalue weighted by Gasteiger charge is 2.25. The van der Waals surface area contributed by atoms with Crippen LogP contribution in [0.3, 0.4) is 0 Å². The lowest BCUT2D eigenvalue weighted by Crippen LogP contribution is -2.53. The SMILES string of the molecule is [B]c1c([B])c([B])c2c([B])c(-c3c4c([B])c([B])c([B])c([B])c4c([B])c4c([B])c([B])c([B])c([B])c34)c([B])c([B])c2c1[B]. The molecular weight excluding hydrogens is 461 g/mol. The minimum atomic E-state index is -0.0330. The van der Waals surface area contributed by atoms with Gasteiger partial charge in [-0.1, -0.05) is 54.6 Å². The molecule has 0 heterocycles. The summed E-state index contributed by atoms with van der Waals surface area (Å²) in [6, 6.07) is 0. The van der Waals surface area contributed by atoms with Crippen molar-refractivity contribution in [2.24, 2.45) is 0 Å². The molecule has 0 aromatic heterocycles. The van der Waals surface area contributed by atoms with E-state index in [0.717, 1.165) is 0 Å². The van der Waals surface area contributed by atoms with E-state index in [4.69, 9.17) is 126 Å². The van der Waals surface area contributed by atoms with Gasteiger partial charge in [0.2, 0.25) is 0 Å². The topological polar surface area (TPSA) is 0 Å². The van der Waals surface area contributed by atoms with Gasteiger partial charge in [-0.05, 0) is 43.4 Å². The lowest BCUT2D eigenvalue weighted by atomic mass is 9.56. The standard InChI is InChI=1S/C24B16/c25-9-4(13(29)14(30)8-7(9)17(33)23(39)24(40)18(8)34)1-2-5(15(31)21(37)19(35)11(2)27)10(26)6-3(1)12(28)20(36)22(38)16(6)32. The molecule has 0 bridgehead atoms. The van der Waals surface area contributed by atoms with Crippen molar-refractivity contribution in [3.05, 3.63) is 0 Å². The van der Waals surface area contributed by atoms with E-state index in [1.807, 2.05) is 0 Å². The average Bonchev–Trinajstić information content (AvgIpc) is 2.92. The van der Waals surface area contributed by atoms with Crippen LogP contribution in [0.5, 0.6) is 0 Å². The Hall–Kier alpha value is -2.08. The zero-order chi connectivity index (χ0) is 29.9. The summed E-state index contributed by atoms with van der Waals surface area (Å²) >= 11 is 0. The van der Waals surface area contributed by atoms with Gasteiger partial charge in [0, 0.05) is 0 Å². The third-order valence-electron chi connectivity index (χ3n) is 7.63. The maximum absolute atomic E-state index is 6.79. The smallest absolute Gasteiger partial charge is 0.110 e. The molecule has 0 amide bonds. The number of rotatable bonds is 1. The van der Waals surface area contributed by atoms with Crippen LogP contribution in [-0.2, 0) is 0 Å². The zero-order valence-electron chi connectivity index (χ0n) is 21.2. The molecule has 0 aliphatic carbocycles. The fourth-order valence-electron chi connectivity index (χ4n) is 5.43. The summed E-state index contributed by atoms with van der Waals surface area (Å²) in [4.78, 5) is 0. The maximum Gasteiger partial charge on any atom is 0.115 e. The summed E-state index contributed by atoms with van der Waals surface area (Å²) in [5, 5.41) is 1.20. The fraction of sp³-hybridized carbons (Fsp3) is 0. The van der Waals surface area contributed by atoms with Crippen LogP contribution in [0.25, 0.3) is 43.4 Å². The molecule has 16 heteroatoms. The Morgan fingerprint density at radius 2 is 0.375 bits per heavy atom. The molecular formula is C24B16. The van der Waals surface area contributed by atoms with Crippen LogP contribution in [-0.4, -0.2) is 126 Å². The molecule has 0 unspecified atom stereocenters. The van der Waals surface area contributed by atoms with Crippen molar-refractivity contribution in [3.63, 3.8) is 0 Å². The van der Waals surface area contributed by atoms with E-state index in [1.54, 1.807) is 0 Å². The van der Waals surface area contributed by atoms with Crippen molar-refractivity contribution in [3.8, 4) is 11.1 Å². The van der Waals surface area contributed by atoms with Crippen molar-refractivity contribution in [1.82, 2.24) is 0 Å². The third-order valence-corrected chi connectivity index (χ3v) is 7.63. The van der Waals surface area contributed by atoms with Gasteiger partial charge < -0.3 is 0 Å². The second-order valence-electron chi connectivity index (χ2n) is 9.62. The first-order valence-corrected chi connectivity index (χ1v) is 11.6. The summed E-state index contributed by atoms with van der Waals surface area (Å²) in [7, 11) is 102. The lowest BCUT2D eigenvalue weighted by molar-refractivity contribution is 1.91. The van der Waals surface area contributed by atoms with Gasteiger partial charge in [-0.2, -0.15) is 0 Å². The minimum absolute atomic E-state index is 0.000367. The van der Waals surface area contributed by atoms with Gasteiger partial charge in [0.05, 0.1) is 0 Å². The second kappa shape index (κ2) is 9.74. The molecule has 0 aliphatic rings. The molecule has 5 rings (SSSR count). The quantitative estimate of drug-likeness (QED) is 0.172. The van der Waals surface area contributed by atoms with E-state index in [2.05, 4.69) is 0 Å². The molecule has 0 atom stereocenters. The Morgan fingerprint density at radius 1 is 0.150 bits per heavy atom. The van der Waals surface area contributed by atoms with E-state index >= 15 is 0 Å². The van der Waals surface area contributed by atoms with Crippen molar-refractivity contribution >= 4 is 245 Å². The normalized spacial score (nSPS) is 11.6. The fourth-order valence-corrected chi connectivity index (χ4v) is 5.43. The molecule has 5 aromatic carbocycles. The van der Waals surface area contributed by atoms with Crippen molar-refractivity contribution in [1.29, 1.82) is 0 Å². The van der Waals surface area contributed by atoms with E-state index < -0.39 is 0 Å². The highest BCUT2D eigenvalue weighted by atomic mass is 14.2. The molecule has 0 N–H and O–H groups in total. The monoisotopic (exact) mass is 464 g/mol. The predicted octanol–water partition coefficient (Wildman–Crippen LogP) is -12.5. The van der Waals surface area contributed by atoms with E-state index in [-0.39, 0.29) is 131 Å². The Labute approximate surface area is 255 Å². The van der Waals surface area contributed by atoms with Crippen LogP contribution in [0.2, 0.25) is 0 Å². The molecule has 0 nitrogen and oxygen atoms in total. The number of hydrogen-bond donors (Lipinski definition) is 0. The number of hydrogen-bond acceptors (Lipinski definition) is 0. The lowest BCUT2D eigenvalue weighted by Gasteiger charge is -2.31. The minimum Gasteiger partial charge on any atom is -0.110 e. The molecule has 0 aliphatic heterocycles. The Morgan fingerprint density at radius 3 is 0.700 bits per heavy atom. The van der Waals surface area contributed by atoms with Crippen molar-refractivity contribution in [2.45, 2.75) is 0 Å². The Balaban J connectivity index is 2.26. The molecule has 0 fully saturated rings. The van der Waals surface area contributed by atoms with E-state index in [0.29, 0.717) is 0 Å². The van der Waals surface area contributed by atoms with Crippen LogP contribution < -0.4 is 87.4 Å². The predicted molar refractivity (Wildman–Crippen MR) is 191 cm³/mol. The van der Waals surface area contributed by atoms with E-state index in [9.17, 15) is 0 Å². The zero-order valence-corrected chi connectivity index (χ0v) is 21.2. The number of benzene rings is 5. The van der Waals surface area contributed by atoms with Crippen LogP contribution in [0.1, 0.15) is 0 Å². The van der Waals surface area contributed by atoms with E-state index in [1.165, 1.54) is 0 Å². The van der Waals surface area contributed by atoms with Gasteiger partial charge in [0.15, 0.2) is 0 Å². The van der Waals surface area contributed by atoms with Crippen LogP contribution in [0.15, 0.2) is 0 Å². The second-order valence-corrected chi connectivity index (χ2v) is 9.62. The molecule has 0 spiro atoms. The Bertz CT molecular complexity index is 1930. The molecule has 32 radical (unpaired) electrons. The van der Waals surface area contributed by atoms with Gasteiger partial charge >= 0.3 is 0 Å². The van der Waals surface area contributed by atoms with Gasteiger partial charge in [0.25, 0.3) is 0 Å². The van der Waals surface area contributed by atoms with Gasteiger partial charge in [-0.25, -0.2) is 0 Å². The van der Waals surface area contributed by atoms with Gasteiger partial charge in [-0.15, -0.1) is 32.8 Å². The summed E-state index contributed by atoms with van der Waals surface area (Å²) in [5.41, 5.74) is 0.417. The number of fused-ring (bicyclic) bond motifs is 3. The summed E-state index contributed by atoms with van der Waals surface area (Å²) < 4.78 is 0. The first-order valence-electron chi connectivity index (χ1n) is 11.6. The average molecular weight is 461 g/mol. The molecule has 0 saturated heterocycles. The van der Waals surface area contributed by atoms with Crippen LogP contribution in [0.4, 0.5) is 0 Å². The summed E-state index contributed by atoms with van der Waals surface area (Å²) in [6.07, 6.45) is 0. The Kier molecular flexibility index (Phi) is 7.16. The van der Waals surface area contributed by atoms with Gasteiger partial charge in [-0.3, -0.25) is 0 Å². The van der Waals surface area contributed by atoms with Gasteiger partial charge in [0.1, 0.15) is 126 Å². The van der Waals surface area contributed by atoms with Crippen LogP contribution >= 0.6 is 0 Å². The molecule has 5 aromatic rings. The third kappa shape index (κ3) is 3.62.